The molecule has 0 saturated carbocycles. The minimum Gasteiger partial charge on any atom is -0.497 e. The van der Waals surface area contributed by atoms with Crippen LogP contribution in [0.4, 0.5) is 10.7 Å². The van der Waals surface area contributed by atoms with E-state index in [2.05, 4.69) is 5.32 Å². The Kier molecular flexibility index (Phi) is 7.70. The van der Waals surface area contributed by atoms with Crippen molar-refractivity contribution in [3.05, 3.63) is 40.3 Å². The molecular weight excluding hydrogens is 448 g/mol. The first-order chi connectivity index (χ1) is 15.8. The second kappa shape index (κ2) is 10.5. The Labute approximate surface area is 195 Å². The van der Waals surface area contributed by atoms with E-state index in [0.717, 1.165) is 11.3 Å². The average Bonchev–Trinajstić information content (AvgIpc) is 3.34. The van der Waals surface area contributed by atoms with Crippen LogP contribution in [0.25, 0.3) is 0 Å². The maximum Gasteiger partial charge on any atom is 0.348 e. The molecule has 2 heterocycles. The van der Waals surface area contributed by atoms with Gasteiger partial charge in [-0.05, 0) is 50.6 Å². The topological polar surface area (TPSA) is 111 Å². The van der Waals surface area contributed by atoms with Crippen LogP contribution in [0, 0.1) is 12.8 Å². The van der Waals surface area contributed by atoms with Gasteiger partial charge in [-0.15, -0.1) is 11.3 Å². The molecule has 9 nitrogen and oxygen atoms in total. The summed E-state index contributed by atoms with van der Waals surface area (Å²) in [5, 5.41) is 2.94. The highest BCUT2D eigenvalue weighted by Gasteiger charge is 2.36. The second-order valence-corrected chi connectivity index (χ2v) is 8.31. The lowest BCUT2D eigenvalue weighted by molar-refractivity contribution is -0.122. The van der Waals surface area contributed by atoms with Crippen LogP contribution in [0.15, 0.2) is 24.3 Å². The zero-order valence-corrected chi connectivity index (χ0v) is 19.7. The molecule has 0 unspecified atom stereocenters. The molecule has 3 rings (SSSR count). The Morgan fingerprint density at radius 3 is 2.33 bits per heavy atom. The van der Waals surface area contributed by atoms with E-state index in [1.165, 1.54) is 0 Å². The standard InChI is InChI=1S/C23H26N2O7S/c1-5-31-22(28)18-13(3)19(23(29)32-6-2)33-21(18)24-20(27)14-11-17(26)25(12-14)15-7-9-16(30-4)10-8-15/h7-10,14H,5-6,11-12H2,1-4H3,(H,24,27)/t14-/m1/s1. The predicted molar refractivity (Wildman–Crippen MR) is 123 cm³/mol. The van der Waals surface area contributed by atoms with Gasteiger partial charge in [-0.3, -0.25) is 9.59 Å². The lowest BCUT2D eigenvalue weighted by atomic mass is 10.1. The quantitative estimate of drug-likeness (QED) is 0.584. The lowest BCUT2D eigenvalue weighted by Crippen LogP contribution is -2.28. The third-order valence-electron chi connectivity index (χ3n) is 5.20. The fourth-order valence-electron chi connectivity index (χ4n) is 3.55. The molecule has 2 aromatic rings. The fourth-order valence-corrected chi connectivity index (χ4v) is 4.64. The third-order valence-corrected chi connectivity index (χ3v) is 6.39. The van der Waals surface area contributed by atoms with Crippen LogP contribution in [0.5, 0.6) is 5.75 Å². The summed E-state index contributed by atoms with van der Waals surface area (Å²) in [6.45, 7) is 5.47. The van der Waals surface area contributed by atoms with Gasteiger partial charge < -0.3 is 24.4 Å². The van der Waals surface area contributed by atoms with E-state index in [-0.39, 0.29) is 47.5 Å². The van der Waals surface area contributed by atoms with E-state index in [4.69, 9.17) is 14.2 Å². The van der Waals surface area contributed by atoms with Crippen molar-refractivity contribution in [3.63, 3.8) is 0 Å². The first-order valence-corrected chi connectivity index (χ1v) is 11.3. The number of benzene rings is 1. The molecule has 1 atom stereocenters. The van der Waals surface area contributed by atoms with Gasteiger partial charge in [0, 0.05) is 18.7 Å². The highest BCUT2D eigenvalue weighted by atomic mass is 32.1. The number of nitrogens with one attached hydrogen (secondary N) is 1. The van der Waals surface area contributed by atoms with Gasteiger partial charge in [-0.2, -0.15) is 0 Å². The number of hydrogen-bond donors (Lipinski definition) is 1. The number of anilines is 2. The van der Waals surface area contributed by atoms with Gasteiger partial charge in [0.05, 0.1) is 31.8 Å². The molecule has 1 saturated heterocycles. The number of methoxy groups -OCH3 is 1. The Morgan fingerprint density at radius 2 is 1.73 bits per heavy atom. The molecule has 1 aromatic carbocycles. The number of carbonyl (C=O) groups excluding carboxylic acids is 4. The molecule has 0 radical (unpaired) electrons. The first kappa shape index (κ1) is 24.2. The van der Waals surface area contributed by atoms with Gasteiger partial charge in [-0.1, -0.05) is 0 Å². The zero-order chi connectivity index (χ0) is 24.1. The summed E-state index contributed by atoms with van der Waals surface area (Å²) in [5.74, 6) is -1.77. The van der Waals surface area contributed by atoms with Crippen molar-refractivity contribution in [1.82, 2.24) is 0 Å². The normalized spacial score (nSPS) is 15.3. The SMILES string of the molecule is CCOC(=O)c1sc(NC(=O)[C@@H]2CC(=O)N(c3ccc(OC)cc3)C2)c(C(=O)OCC)c1C. The van der Waals surface area contributed by atoms with Crippen molar-refractivity contribution < 1.29 is 33.4 Å². The number of nitrogens with zero attached hydrogens (tertiary/aromatic N) is 1. The van der Waals surface area contributed by atoms with E-state index in [1.54, 1.807) is 57.0 Å². The molecule has 176 valence electrons. The monoisotopic (exact) mass is 474 g/mol. The van der Waals surface area contributed by atoms with Crippen LogP contribution in [0.1, 0.15) is 45.9 Å². The number of rotatable bonds is 8. The number of ether oxygens (including phenoxy) is 3. The predicted octanol–water partition coefficient (Wildman–Crippen LogP) is 3.41. The summed E-state index contributed by atoms with van der Waals surface area (Å²) in [5.41, 5.74) is 1.17. The number of esters is 2. The van der Waals surface area contributed by atoms with Crippen molar-refractivity contribution in [2.24, 2.45) is 5.92 Å². The summed E-state index contributed by atoms with van der Waals surface area (Å²) >= 11 is 0.958. The van der Waals surface area contributed by atoms with Gasteiger partial charge >= 0.3 is 11.9 Å². The van der Waals surface area contributed by atoms with Gasteiger partial charge in [0.1, 0.15) is 15.6 Å². The second-order valence-electron chi connectivity index (χ2n) is 7.29. The van der Waals surface area contributed by atoms with Crippen molar-refractivity contribution in [2.45, 2.75) is 27.2 Å². The number of thiophene rings is 1. The van der Waals surface area contributed by atoms with E-state index in [0.29, 0.717) is 17.0 Å². The van der Waals surface area contributed by atoms with Gasteiger partial charge in [0.15, 0.2) is 0 Å². The first-order valence-electron chi connectivity index (χ1n) is 10.5. The highest BCUT2D eigenvalue weighted by Crippen LogP contribution is 2.35. The maximum atomic E-state index is 13.0. The van der Waals surface area contributed by atoms with E-state index >= 15 is 0 Å². The van der Waals surface area contributed by atoms with Crippen LogP contribution in [-0.2, 0) is 19.1 Å². The van der Waals surface area contributed by atoms with Gasteiger partial charge in [0.2, 0.25) is 11.8 Å². The highest BCUT2D eigenvalue weighted by molar-refractivity contribution is 7.18. The smallest absolute Gasteiger partial charge is 0.348 e. The van der Waals surface area contributed by atoms with Crippen molar-refractivity contribution in [1.29, 1.82) is 0 Å². The molecule has 10 heteroatoms. The number of amides is 2. The van der Waals surface area contributed by atoms with Crippen molar-refractivity contribution >= 4 is 45.8 Å². The Balaban J connectivity index is 1.81. The summed E-state index contributed by atoms with van der Waals surface area (Å²) in [7, 11) is 1.56. The minimum atomic E-state index is -0.639. The number of hydrogen-bond acceptors (Lipinski definition) is 8. The zero-order valence-electron chi connectivity index (χ0n) is 18.9. The van der Waals surface area contributed by atoms with Crippen LogP contribution in [0.2, 0.25) is 0 Å². The maximum absolute atomic E-state index is 13.0. The summed E-state index contributed by atoms with van der Waals surface area (Å²) in [4.78, 5) is 52.2. The molecule has 1 aliphatic rings. The van der Waals surface area contributed by atoms with Gasteiger partial charge in [0.25, 0.3) is 0 Å². The van der Waals surface area contributed by atoms with Crippen LogP contribution in [-0.4, -0.2) is 50.6 Å². The van der Waals surface area contributed by atoms with Crippen molar-refractivity contribution in [3.8, 4) is 5.75 Å². The van der Waals surface area contributed by atoms with Crippen molar-refractivity contribution in [2.75, 3.05) is 37.1 Å². The molecule has 1 aliphatic heterocycles. The average molecular weight is 475 g/mol. The van der Waals surface area contributed by atoms with E-state index in [1.807, 2.05) is 0 Å². The molecule has 33 heavy (non-hydrogen) atoms. The Hall–Kier alpha value is -3.40. The van der Waals surface area contributed by atoms with Gasteiger partial charge in [-0.25, -0.2) is 9.59 Å². The number of carbonyl (C=O) groups is 4. The summed E-state index contributed by atoms with van der Waals surface area (Å²) < 4.78 is 15.3. The molecule has 1 N–H and O–H groups in total. The van der Waals surface area contributed by atoms with E-state index in [9.17, 15) is 19.2 Å². The molecule has 0 aliphatic carbocycles. The Bertz CT molecular complexity index is 1060. The lowest BCUT2D eigenvalue weighted by Gasteiger charge is -2.17. The molecule has 1 aromatic heterocycles. The molecular formula is C23H26N2O7S. The fraction of sp³-hybridized carbons (Fsp3) is 0.391. The largest absolute Gasteiger partial charge is 0.497 e. The minimum absolute atomic E-state index is 0.0295. The Morgan fingerprint density at radius 1 is 1.09 bits per heavy atom. The molecule has 0 spiro atoms. The van der Waals surface area contributed by atoms with Crippen LogP contribution >= 0.6 is 11.3 Å². The molecule has 0 bridgehead atoms. The van der Waals surface area contributed by atoms with E-state index < -0.39 is 23.8 Å². The summed E-state index contributed by atoms with van der Waals surface area (Å²) in [6, 6.07) is 6.99. The summed E-state index contributed by atoms with van der Waals surface area (Å²) in [6.07, 6.45) is 0.0295. The molecule has 1 fully saturated rings. The third kappa shape index (κ3) is 5.16. The van der Waals surface area contributed by atoms with Crippen LogP contribution in [0.3, 0.4) is 0 Å². The van der Waals surface area contributed by atoms with Crippen LogP contribution < -0.4 is 15.0 Å². The molecule has 2 amide bonds.